The molecule has 2 fully saturated rings. The summed E-state index contributed by atoms with van der Waals surface area (Å²) in [5.41, 5.74) is 0.255. The normalized spacial score (nSPS) is 19.2. The Morgan fingerprint density at radius 2 is 1.84 bits per heavy atom. The van der Waals surface area contributed by atoms with E-state index in [1.165, 1.54) is 29.0 Å². The van der Waals surface area contributed by atoms with Crippen molar-refractivity contribution in [3.05, 3.63) is 52.7 Å². The first kappa shape index (κ1) is 27.1. The number of carbonyl (C=O) groups excluding carboxylic acids is 2. The van der Waals surface area contributed by atoms with Crippen molar-refractivity contribution in [3.8, 4) is 11.6 Å². The molecule has 1 saturated carbocycles. The van der Waals surface area contributed by atoms with Crippen molar-refractivity contribution in [2.24, 2.45) is 5.41 Å². The first-order valence-electron chi connectivity index (χ1n) is 12.4. The summed E-state index contributed by atoms with van der Waals surface area (Å²) in [4.78, 5) is 32.1. The molecule has 200 valence electrons. The summed E-state index contributed by atoms with van der Waals surface area (Å²) in [6, 6.07) is 9.17. The number of ether oxygens (including phenoxy) is 2. The molecule has 1 saturated heterocycles. The summed E-state index contributed by atoms with van der Waals surface area (Å²) in [5.74, 6) is -3.50. The molecule has 0 radical (unpaired) electrons. The molecule has 1 N–H and O–H groups in total. The zero-order chi connectivity index (χ0) is 26.8. The number of likely N-dealkylation sites (tertiary alicyclic amines) is 1. The van der Waals surface area contributed by atoms with Crippen LogP contribution in [0.15, 0.2) is 36.4 Å². The monoisotopic (exact) mass is 533 g/mol. The maximum atomic E-state index is 15.2. The SMILES string of the molecule is COc1cccc(C(O)(F)C(=O)N2CCC3(CCC(Oc4ccc(C(=O)N(C)C)c(Cl)n4)CC3)CC2)c1. The molecule has 2 aliphatic rings. The van der Waals surface area contributed by atoms with Crippen LogP contribution in [0.1, 0.15) is 54.4 Å². The molecular formula is C27H33ClFN3O5. The fourth-order valence-electron chi connectivity index (χ4n) is 5.22. The quantitative estimate of drug-likeness (QED) is 0.560. The predicted octanol–water partition coefficient (Wildman–Crippen LogP) is 4.19. The summed E-state index contributed by atoms with van der Waals surface area (Å²) in [5, 5.41) is 10.5. The molecule has 1 aromatic heterocycles. The Balaban J connectivity index is 1.31. The first-order chi connectivity index (χ1) is 17.5. The molecule has 2 aromatic rings. The summed E-state index contributed by atoms with van der Waals surface area (Å²) in [6.45, 7) is 0.776. The van der Waals surface area contributed by atoms with Gasteiger partial charge >= 0.3 is 5.85 Å². The Bertz CT molecular complexity index is 1140. The minimum absolute atomic E-state index is 0.0201. The Hall–Kier alpha value is -2.91. The number of amides is 2. The molecule has 8 nitrogen and oxygen atoms in total. The van der Waals surface area contributed by atoms with Gasteiger partial charge < -0.3 is 24.4 Å². The minimum atomic E-state index is -3.11. The average molecular weight is 534 g/mol. The van der Waals surface area contributed by atoms with Crippen molar-refractivity contribution in [3.63, 3.8) is 0 Å². The van der Waals surface area contributed by atoms with Gasteiger partial charge in [-0.15, -0.1) is 0 Å². The van der Waals surface area contributed by atoms with Crippen LogP contribution in [0.4, 0.5) is 4.39 Å². The lowest BCUT2D eigenvalue weighted by Crippen LogP contribution is -2.50. The van der Waals surface area contributed by atoms with Crippen molar-refractivity contribution >= 4 is 23.4 Å². The number of carbonyl (C=O) groups is 2. The number of methoxy groups -OCH3 is 1. The molecule has 0 bridgehead atoms. The molecule has 2 heterocycles. The van der Waals surface area contributed by atoms with Gasteiger partial charge in [0.2, 0.25) is 5.88 Å². The van der Waals surface area contributed by atoms with Crippen LogP contribution in [0.2, 0.25) is 5.15 Å². The number of alkyl halides is 1. The van der Waals surface area contributed by atoms with E-state index in [-0.39, 0.29) is 28.1 Å². The van der Waals surface area contributed by atoms with Crippen molar-refractivity contribution < 1.29 is 28.6 Å². The summed E-state index contributed by atoms with van der Waals surface area (Å²) in [6.07, 6.45) is 4.94. The van der Waals surface area contributed by atoms with E-state index < -0.39 is 11.8 Å². The highest BCUT2D eigenvalue weighted by atomic mass is 35.5. The molecule has 1 aromatic carbocycles. The van der Waals surface area contributed by atoms with Gasteiger partial charge in [-0.1, -0.05) is 23.7 Å². The van der Waals surface area contributed by atoms with Crippen LogP contribution in [-0.4, -0.2) is 72.1 Å². The second kappa shape index (κ2) is 10.8. The van der Waals surface area contributed by atoms with E-state index in [0.717, 1.165) is 38.5 Å². The maximum absolute atomic E-state index is 15.2. The Morgan fingerprint density at radius 3 is 2.43 bits per heavy atom. The molecule has 4 rings (SSSR count). The van der Waals surface area contributed by atoms with Crippen LogP contribution >= 0.6 is 11.6 Å². The molecule has 1 aliphatic carbocycles. The third-order valence-electron chi connectivity index (χ3n) is 7.59. The highest BCUT2D eigenvalue weighted by Crippen LogP contribution is 2.46. The fourth-order valence-corrected chi connectivity index (χ4v) is 5.45. The first-order valence-corrected chi connectivity index (χ1v) is 12.8. The van der Waals surface area contributed by atoms with Crippen LogP contribution in [0, 0.1) is 5.41 Å². The van der Waals surface area contributed by atoms with Crippen LogP contribution in [0.3, 0.4) is 0 Å². The van der Waals surface area contributed by atoms with Gasteiger partial charge in [-0.3, -0.25) is 9.59 Å². The molecular weight excluding hydrogens is 501 g/mol. The van der Waals surface area contributed by atoms with Crippen LogP contribution in [0.25, 0.3) is 0 Å². The van der Waals surface area contributed by atoms with Gasteiger partial charge in [0.1, 0.15) is 17.0 Å². The van der Waals surface area contributed by atoms with Gasteiger partial charge in [0.05, 0.1) is 12.7 Å². The Morgan fingerprint density at radius 1 is 1.16 bits per heavy atom. The van der Waals surface area contributed by atoms with Gasteiger partial charge in [-0.25, -0.2) is 4.98 Å². The van der Waals surface area contributed by atoms with E-state index in [4.69, 9.17) is 21.1 Å². The van der Waals surface area contributed by atoms with Gasteiger partial charge in [-0.05, 0) is 62.1 Å². The van der Waals surface area contributed by atoms with Crippen molar-refractivity contribution in [1.82, 2.24) is 14.8 Å². The lowest BCUT2D eigenvalue weighted by Gasteiger charge is -2.46. The second-order valence-electron chi connectivity index (χ2n) is 10.2. The van der Waals surface area contributed by atoms with E-state index in [0.29, 0.717) is 30.3 Å². The number of hydrogen-bond acceptors (Lipinski definition) is 6. The van der Waals surface area contributed by atoms with Crippen LogP contribution < -0.4 is 9.47 Å². The minimum Gasteiger partial charge on any atom is -0.497 e. The van der Waals surface area contributed by atoms with Crippen molar-refractivity contribution in [1.29, 1.82) is 0 Å². The second-order valence-corrected chi connectivity index (χ2v) is 10.5. The smallest absolute Gasteiger partial charge is 0.312 e. The van der Waals surface area contributed by atoms with Gasteiger partial charge in [-0.2, -0.15) is 4.39 Å². The summed E-state index contributed by atoms with van der Waals surface area (Å²) in [7, 11) is 4.75. The molecule has 1 spiro atoms. The number of aromatic nitrogens is 1. The Labute approximate surface area is 221 Å². The number of hydrogen-bond donors (Lipinski definition) is 1. The molecule has 10 heteroatoms. The number of benzene rings is 1. The van der Waals surface area contributed by atoms with E-state index >= 15 is 4.39 Å². The number of nitrogens with zero attached hydrogens (tertiary/aromatic N) is 3. The van der Waals surface area contributed by atoms with Gasteiger partial charge in [0.25, 0.3) is 11.8 Å². The molecule has 2 amide bonds. The fraction of sp³-hybridized carbons (Fsp3) is 0.519. The highest BCUT2D eigenvalue weighted by molar-refractivity contribution is 6.32. The lowest BCUT2D eigenvalue weighted by molar-refractivity contribution is -0.178. The summed E-state index contributed by atoms with van der Waals surface area (Å²) < 4.78 is 26.3. The van der Waals surface area contributed by atoms with Crippen LogP contribution in [-0.2, 0) is 10.6 Å². The molecule has 1 unspecified atom stereocenters. The van der Waals surface area contributed by atoms with E-state index in [2.05, 4.69) is 4.98 Å². The number of piperidine rings is 1. The molecule has 37 heavy (non-hydrogen) atoms. The number of pyridine rings is 1. The number of halogens is 2. The third kappa shape index (κ3) is 5.83. The highest BCUT2D eigenvalue weighted by Gasteiger charge is 2.46. The largest absolute Gasteiger partial charge is 0.497 e. The van der Waals surface area contributed by atoms with Gasteiger partial charge in [0, 0.05) is 38.8 Å². The number of rotatable bonds is 6. The predicted molar refractivity (Wildman–Crippen MR) is 136 cm³/mol. The maximum Gasteiger partial charge on any atom is 0.312 e. The third-order valence-corrected chi connectivity index (χ3v) is 7.88. The average Bonchev–Trinajstić information content (AvgIpc) is 2.90. The zero-order valence-electron chi connectivity index (χ0n) is 21.4. The topological polar surface area (TPSA) is 92.2 Å². The molecule has 1 aliphatic heterocycles. The van der Waals surface area contributed by atoms with E-state index in [1.807, 2.05) is 0 Å². The van der Waals surface area contributed by atoms with Crippen molar-refractivity contribution in [2.45, 2.75) is 50.5 Å². The Kier molecular flexibility index (Phi) is 7.94. The van der Waals surface area contributed by atoms with E-state index in [1.54, 1.807) is 38.4 Å². The van der Waals surface area contributed by atoms with Crippen molar-refractivity contribution in [2.75, 3.05) is 34.3 Å². The van der Waals surface area contributed by atoms with E-state index in [9.17, 15) is 14.7 Å². The zero-order valence-corrected chi connectivity index (χ0v) is 22.1. The number of aliphatic hydroxyl groups is 1. The van der Waals surface area contributed by atoms with Crippen LogP contribution in [0.5, 0.6) is 11.6 Å². The standard InChI is InChI=1S/C27H33ClFN3O5/c1-31(2)24(33)21-7-8-22(30-23(21)28)37-19-9-11-26(12-10-19)13-15-32(16-14-26)25(34)27(29,35)18-5-4-6-20(17-18)36-3/h4-8,17,19,35H,9-16H2,1-3H3. The molecule has 1 atom stereocenters. The summed E-state index contributed by atoms with van der Waals surface area (Å²) >= 11 is 6.21. The lowest BCUT2D eigenvalue weighted by atomic mass is 9.67. The van der Waals surface area contributed by atoms with Gasteiger partial charge in [0.15, 0.2) is 0 Å².